The van der Waals surface area contributed by atoms with Gasteiger partial charge in [-0.3, -0.25) is 0 Å². The van der Waals surface area contributed by atoms with Crippen molar-refractivity contribution in [3.8, 4) is 0 Å². The molecule has 3 aromatic heterocycles. The Balaban J connectivity index is 1.53. The normalized spacial score (nSPS) is 16.8. The van der Waals surface area contributed by atoms with E-state index in [0.29, 0.717) is 18.7 Å². The van der Waals surface area contributed by atoms with Crippen molar-refractivity contribution < 1.29 is 14.3 Å². The second-order valence-corrected chi connectivity index (χ2v) is 8.98. The van der Waals surface area contributed by atoms with Crippen LogP contribution in [0.15, 0.2) is 42.0 Å². The summed E-state index contributed by atoms with van der Waals surface area (Å²) in [5.41, 5.74) is 4.53. The standard InChI is InChI=1S/C21H17FN4O2S2/c1-11-12(3-2-6-26(11)21(27)28)18-7-13-15(4-5-23-20(13)30-18)25-16-9-17-19(8-14(16)22)29-10-24-17/h3-5,7-11H,2,6H2,1H3,(H,23,25)(H,27,28). The Hall–Kier alpha value is -3.04. The molecule has 1 amide bonds. The molecule has 1 atom stereocenters. The number of fused-ring (bicyclic) bond motifs is 2. The van der Waals surface area contributed by atoms with E-state index in [0.717, 1.165) is 36.6 Å². The molecule has 2 N–H and O–H groups in total. The lowest BCUT2D eigenvalue weighted by Gasteiger charge is -2.31. The summed E-state index contributed by atoms with van der Waals surface area (Å²) in [7, 11) is 0. The molecular formula is C21H17FN4O2S2. The molecule has 1 aliphatic rings. The van der Waals surface area contributed by atoms with Crippen LogP contribution in [-0.4, -0.2) is 38.7 Å². The predicted molar refractivity (Wildman–Crippen MR) is 119 cm³/mol. The summed E-state index contributed by atoms with van der Waals surface area (Å²) < 4.78 is 15.4. The van der Waals surface area contributed by atoms with Gasteiger partial charge >= 0.3 is 6.09 Å². The fraction of sp³-hybridized carbons (Fsp3) is 0.190. The van der Waals surface area contributed by atoms with E-state index in [9.17, 15) is 14.3 Å². The van der Waals surface area contributed by atoms with E-state index in [-0.39, 0.29) is 11.9 Å². The van der Waals surface area contributed by atoms with E-state index in [1.165, 1.54) is 33.6 Å². The number of carbonyl (C=O) groups is 1. The molecule has 0 saturated carbocycles. The SMILES string of the molecule is CC1C(c2cc3c(Nc4cc5ncsc5cc4F)ccnc3s2)=CCCN1C(=O)O. The van der Waals surface area contributed by atoms with E-state index >= 15 is 0 Å². The van der Waals surface area contributed by atoms with Gasteiger partial charge in [0.1, 0.15) is 10.6 Å². The van der Waals surface area contributed by atoms with Crippen LogP contribution in [0.1, 0.15) is 18.2 Å². The van der Waals surface area contributed by atoms with Crippen LogP contribution in [-0.2, 0) is 0 Å². The monoisotopic (exact) mass is 440 g/mol. The van der Waals surface area contributed by atoms with Gasteiger partial charge in [0.15, 0.2) is 0 Å². The molecule has 0 fully saturated rings. The molecule has 6 nitrogen and oxygen atoms in total. The van der Waals surface area contributed by atoms with Gasteiger partial charge in [-0.15, -0.1) is 22.7 Å². The van der Waals surface area contributed by atoms with Crippen molar-refractivity contribution in [3.05, 3.63) is 52.7 Å². The molecule has 1 aliphatic heterocycles. The average molecular weight is 441 g/mol. The third-order valence-corrected chi connectivity index (χ3v) is 7.19. The number of hydrogen-bond acceptors (Lipinski definition) is 6. The molecule has 0 aliphatic carbocycles. The molecular weight excluding hydrogens is 423 g/mol. The molecule has 4 aromatic rings. The molecule has 1 aromatic carbocycles. The van der Waals surface area contributed by atoms with Gasteiger partial charge in [0.2, 0.25) is 0 Å². The van der Waals surface area contributed by atoms with Crippen LogP contribution in [0.4, 0.5) is 20.6 Å². The van der Waals surface area contributed by atoms with Gasteiger partial charge in [-0.1, -0.05) is 6.08 Å². The zero-order valence-electron chi connectivity index (χ0n) is 15.9. The van der Waals surface area contributed by atoms with E-state index in [1.54, 1.807) is 17.8 Å². The summed E-state index contributed by atoms with van der Waals surface area (Å²) in [4.78, 5) is 23.5. The Morgan fingerprint density at radius 2 is 2.17 bits per heavy atom. The van der Waals surface area contributed by atoms with Crippen LogP contribution >= 0.6 is 22.7 Å². The largest absolute Gasteiger partial charge is 0.465 e. The van der Waals surface area contributed by atoms with Crippen LogP contribution in [0.2, 0.25) is 0 Å². The minimum Gasteiger partial charge on any atom is -0.465 e. The van der Waals surface area contributed by atoms with Crippen molar-refractivity contribution >= 4 is 66.1 Å². The highest BCUT2D eigenvalue weighted by Crippen LogP contribution is 2.38. The van der Waals surface area contributed by atoms with Crippen LogP contribution in [0.3, 0.4) is 0 Å². The lowest BCUT2D eigenvalue weighted by molar-refractivity contribution is 0.137. The molecule has 4 heterocycles. The zero-order chi connectivity index (χ0) is 20.8. The van der Waals surface area contributed by atoms with Gasteiger partial charge in [0.25, 0.3) is 0 Å². The summed E-state index contributed by atoms with van der Waals surface area (Å²) in [6.07, 6.45) is 3.55. The maximum absolute atomic E-state index is 14.6. The molecule has 0 spiro atoms. The first-order valence-electron chi connectivity index (χ1n) is 9.39. The number of thiophene rings is 1. The predicted octanol–water partition coefficient (Wildman–Crippen LogP) is 5.94. The Labute approximate surface area is 179 Å². The van der Waals surface area contributed by atoms with E-state index in [1.807, 2.05) is 19.1 Å². The summed E-state index contributed by atoms with van der Waals surface area (Å²) in [5, 5.41) is 13.5. The number of hydrogen-bond donors (Lipinski definition) is 2. The van der Waals surface area contributed by atoms with Crippen molar-refractivity contribution in [1.82, 2.24) is 14.9 Å². The van der Waals surface area contributed by atoms with E-state index in [2.05, 4.69) is 21.4 Å². The van der Waals surface area contributed by atoms with Gasteiger partial charge in [-0.2, -0.15) is 0 Å². The van der Waals surface area contributed by atoms with Crippen molar-refractivity contribution in [2.45, 2.75) is 19.4 Å². The van der Waals surface area contributed by atoms with Crippen molar-refractivity contribution in [2.24, 2.45) is 0 Å². The smallest absolute Gasteiger partial charge is 0.407 e. The highest BCUT2D eigenvalue weighted by atomic mass is 32.1. The van der Waals surface area contributed by atoms with Gasteiger partial charge in [-0.25, -0.2) is 19.2 Å². The number of carboxylic acid groups (broad SMARTS) is 1. The first-order chi connectivity index (χ1) is 14.5. The highest BCUT2D eigenvalue weighted by molar-refractivity contribution is 7.19. The minimum atomic E-state index is -0.914. The summed E-state index contributed by atoms with van der Waals surface area (Å²) in [6.45, 7) is 2.39. The van der Waals surface area contributed by atoms with Crippen LogP contribution in [0.25, 0.3) is 26.0 Å². The molecule has 0 radical (unpaired) electrons. The molecule has 0 saturated heterocycles. The fourth-order valence-corrected chi connectivity index (χ4v) is 5.60. The Morgan fingerprint density at radius 3 is 3.00 bits per heavy atom. The quantitative estimate of drug-likeness (QED) is 0.412. The molecule has 30 heavy (non-hydrogen) atoms. The topological polar surface area (TPSA) is 78.4 Å². The van der Waals surface area contributed by atoms with Crippen LogP contribution in [0, 0.1) is 5.82 Å². The number of nitrogens with one attached hydrogen (secondary N) is 1. The summed E-state index contributed by atoms with van der Waals surface area (Å²) in [6, 6.07) is 6.78. The van der Waals surface area contributed by atoms with E-state index in [4.69, 9.17) is 0 Å². The molecule has 0 bridgehead atoms. The third-order valence-electron chi connectivity index (χ3n) is 5.31. The van der Waals surface area contributed by atoms with Gasteiger partial charge < -0.3 is 15.3 Å². The minimum absolute atomic E-state index is 0.231. The summed E-state index contributed by atoms with van der Waals surface area (Å²) in [5.74, 6) is -0.340. The number of amides is 1. The lowest BCUT2D eigenvalue weighted by atomic mass is 10.00. The molecule has 1 unspecified atom stereocenters. The number of nitrogens with zero attached hydrogens (tertiary/aromatic N) is 3. The maximum atomic E-state index is 14.6. The van der Waals surface area contributed by atoms with Gasteiger partial charge in [0.05, 0.1) is 33.1 Å². The second-order valence-electron chi connectivity index (χ2n) is 7.07. The number of thiazole rings is 1. The average Bonchev–Trinajstić information content (AvgIpc) is 3.35. The number of aromatic nitrogens is 2. The summed E-state index contributed by atoms with van der Waals surface area (Å²) >= 11 is 2.91. The zero-order valence-corrected chi connectivity index (χ0v) is 17.6. The van der Waals surface area contributed by atoms with Crippen LogP contribution in [0.5, 0.6) is 0 Å². The number of halogens is 1. The molecule has 5 rings (SSSR count). The lowest BCUT2D eigenvalue weighted by Crippen LogP contribution is -2.40. The molecule has 152 valence electrons. The number of pyridine rings is 1. The fourth-order valence-electron chi connectivity index (χ4n) is 3.77. The molecule has 9 heteroatoms. The highest BCUT2D eigenvalue weighted by Gasteiger charge is 2.27. The van der Waals surface area contributed by atoms with Crippen molar-refractivity contribution in [1.29, 1.82) is 0 Å². The van der Waals surface area contributed by atoms with Crippen LogP contribution < -0.4 is 5.32 Å². The van der Waals surface area contributed by atoms with Gasteiger partial charge in [-0.05, 0) is 43.2 Å². The maximum Gasteiger partial charge on any atom is 0.407 e. The van der Waals surface area contributed by atoms with E-state index < -0.39 is 6.09 Å². The Kier molecular flexibility index (Phi) is 4.63. The number of rotatable bonds is 3. The number of anilines is 2. The van der Waals surface area contributed by atoms with Crippen molar-refractivity contribution in [3.63, 3.8) is 0 Å². The first-order valence-corrected chi connectivity index (χ1v) is 11.1. The third kappa shape index (κ3) is 3.20. The Morgan fingerprint density at radius 1 is 1.30 bits per heavy atom. The second kappa shape index (κ2) is 7.33. The van der Waals surface area contributed by atoms with Gasteiger partial charge in [0, 0.05) is 23.0 Å². The first kappa shape index (κ1) is 19.0. The van der Waals surface area contributed by atoms with Crippen molar-refractivity contribution in [2.75, 3.05) is 11.9 Å². The number of benzene rings is 1. The Bertz CT molecular complexity index is 1310.